The maximum absolute atomic E-state index is 12.8. The molecule has 1 aliphatic heterocycles. The van der Waals surface area contributed by atoms with Gasteiger partial charge >= 0.3 is 18.4 Å². The van der Waals surface area contributed by atoms with Gasteiger partial charge in [0, 0.05) is 40.9 Å². The summed E-state index contributed by atoms with van der Waals surface area (Å²) in [5, 5.41) is 3.13. The summed E-state index contributed by atoms with van der Waals surface area (Å²) in [6.07, 6.45) is 0.757. The van der Waals surface area contributed by atoms with Gasteiger partial charge in [-0.05, 0) is 47.9 Å². The van der Waals surface area contributed by atoms with E-state index < -0.39 is 18.2 Å². The molecule has 1 unspecified atom stereocenters. The predicted molar refractivity (Wildman–Crippen MR) is 133 cm³/mol. The van der Waals surface area contributed by atoms with E-state index in [4.69, 9.17) is 4.42 Å². The van der Waals surface area contributed by atoms with Crippen molar-refractivity contribution in [3.63, 3.8) is 0 Å². The summed E-state index contributed by atoms with van der Waals surface area (Å²) < 4.78 is 29.5. The number of furan rings is 1. The van der Waals surface area contributed by atoms with Crippen molar-refractivity contribution in [2.24, 2.45) is 0 Å². The van der Waals surface area contributed by atoms with E-state index in [1.807, 2.05) is 35.8 Å². The number of anilines is 1. The van der Waals surface area contributed by atoms with Crippen molar-refractivity contribution in [2.45, 2.75) is 18.1 Å². The maximum Gasteiger partial charge on any atom is 0.321 e. The average molecular weight is 515 g/mol. The normalized spacial score (nSPS) is 15.4. The molecule has 1 atom stereocenters. The van der Waals surface area contributed by atoms with Gasteiger partial charge in [-0.3, -0.25) is 20.4 Å². The van der Waals surface area contributed by atoms with Crippen LogP contribution in [0, 0.1) is 0 Å². The van der Waals surface area contributed by atoms with Gasteiger partial charge in [0.1, 0.15) is 0 Å². The third kappa shape index (κ3) is 6.63. The molecule has 8 nitrogen and oxygen atoms in total. The summed E-state index contributed by atoms with van der Waals surface area (Å²) in [4.78, 5) is 37.5. The van der Waals surface area contributed by atoms with Crippen LogP contribution in [0.3, 0.4) is 0 Å². The molecule has 1 saturated heterocycles. The Kier molecular flexibility index (Phi) is 8.21. The number of hydrazine groups is 1. The quantitative estimate of drug-likeness (QED) is 0.429. The first-order valence-corrected chi connectivity index (χ1v) is 12.2. The number of nitrogens with zero attached hydrogens (tertiary/aromatic N) is 1. The Morgan fingerprint density at radius 2 is 1.75 bits per heavy atom. The molecule has 0 saturated carbocycles. The fraction of sp³-hybridized carbons (Fsp3) is 0.240. The minimum atomic E-state index is -3.21. The summed E-state index contributed by atoms with van der Waals surface area (Å²) in [6.45, 7) is 1.22. The Balaban J connectivity index is 1.27. The minimum absolute atomic E-state index is 0.158. The largest absolute Gasteiger partial charge is 0.472 e. The summed E-state index contributed by atoms with van der Waals surface area (Å²) in [7, 11) is 0. The van der Waals surface area contributed by atoms with Gasteiger partial charge in [0.05, 0.1) is 12.5 Å². The van der Waals surface area contributed by atoms with Crippen LogP contribution in [-0.4, -0.2) is 53.3 Å². The SMILES string of the molecule is O=C(NNC(=O)C(F)F)c1ccc(CC2CN(C(=O)Nc3ccc(-c4ccoc4)cc3)CCS2)cc1. The molecule has 3 aromatic rings. The molecule has 2 heterocycles. The monoisotopic (exact) mass is 514 g/mol. The summed E-state index contributed by atoms with van der Waals surface area (Å²) in [6, 6.07) is 15.9. The van der Waals surface area contributed by atoms with Gasteiger partial charge in [0.25, 0.3) is 5.91 Å². The molecule has 4 amide bonds. The third-order valence-corrected chi connectivity index (χ3v) is 6.80. The lowest BCUT2D eigenvalue weighted by Crippen LogP contribution is -2.44. The van der Waals surface area contributed by atoms with Crippen molar-refractivity contribution in [3.8, 4) is 11.1 Å². The van der Waals surface area contributed by atoms with Crippen molar-refractivity contribution in [2.75, 3.05) is 24.2 Å². The van der Waals surface area contributed by atoms with Crippen molar-refractivity contribution < 1.29 is 27.6 Å². The Bertz CT molecular complexity index is 1190. The lowest BCUT2D eigenvalue weighted by atomic mass is 10.1. The van der Waals surface area contributed by atoms with Gasteiger partial charge in [-0.15, -0.1) is 0 Å². The van der Waals surface area contributed by atoms with Crippen LogP contribution in [0.5, 0.6) is 0 Å². The first-order chi connectivity index (χ1) is 17.4. The number of benzene rings is 2. The minimum Gasteiger partial charge on any atom is -0.472 e. The topological polar surface area (TPSA) is 104 Å². The molecule has 1 fully saturated rings. The van der Waals surface area contributed by atoms with Gasteiger partial charge in [0.2, 0.25) is 0 Å². The Morgan fingerprint density at radius 3 is 2.42 bits per heavy atom. The van der Waals surface area contributed by atoms with Crippen molar-refractivity contribution in [1.29, 1.82) is 0 Å². The van der Waals surface area contributed by atoms with Crippen LogP contribution in [0.15, 0.2) is 71.5 Å². The van der Waals surface area contributed by atoms with E-state index in [2.05, 4.69) is 5.32 Å². The number of halogens is 2. The second-order valence-corrected chi connectivity index (χ2v) is 9.51. The van der Waals surface area contributed by atoms with Crippen LogP contribution < -0.4 is 16.2 Å². The molecular weight excluding hydrogens is 490 g/mol. The fourth-order valence-electron chi connectivity index (χ4n) is 3.70. The number of carbonyl (C=O) groups is 3. The van der Waals surface area contributed by atoms with Crippen molar-refractivity contribution in [3.05, 3.63) is 78.3 Å². The fourth-order valence-corrected chi connectivity index (χ4v) is 4.96. The van der Waals surface area contributed by atoms with Gasteiger partial charge in [-0.25, -0.2) is 4.79 Å². The van der Waals surface area contributed by atoms with E-state index in [-0.39, 0.29) is 16.8 Å². The molecule has 2 aromatic carbocycles. The van der Waals surface area contributed by atoms with Gasteiger partial charge in [-0.2, -0.15) is 20.5 Å². The molecule has 1 aromatic heterocycles. The van der Waals surface area contributed by atoms with E-state index in [1.54, 1.807) is 58.9 Å². The number of carbonyl (C=O) groups excluding carboxylic acids is 3. The number of nitrogens with one attached hydrogen (secondary N) is 3. The Hall–Kier alpha value is -3.86. The number of hydrogen-bond donors (Lipinski definition) is 3. The Morgan fingerprint density at radius 1 is 1.00 bits per heavy atom. The zero-order valence-corrected chi connectivity index (χ0v) is 19.9. The first kappa shape index (κ1) is 25.2. The molecule has 0 radical (unpaired) electrons. The molecule has 1 aliphatic rings. The standard InChI is InChI=1S/C25H24F2N4O4S/c26-22(27)24(33)30-29-23(32)18-3-1-16(2-4-18)13-21-14-31(10-12-36-21)25(34)28-20-7-5-17(6-8-20)19-9-11-35-15-19/h1-9,11,15,21-22H,10,12-14H2,(H,28,34)(H,29,32)(H,30,33). The number of rotatable bonds is 6. The third-order valence-electron chi connectivity index (χ3n) is 5.59. The molecule has 11 heteroatoms. The van der Waals surface area contributed by atoms with Crippen LogP contribution in [0.4, 0.5) is 19.3 Å². The van der Waals surface area contributed by atoms with Crippen LogP contribution >= 0.6 is 11.8 Å². The number of alkyl halides is 2. The molecule has 188 valence electrons. The van der Waals surface area contributed by atoms with E-state index in [9.17, 15) is 23.2 Å². The molecule has 36 heavy (non-hydrogen) atoms. The van der Waals surface area contributed by atoms with Gasteiger partial charge in [-0.1, -0.05) is 24.3 Å². The lowest BCUT2D eigenvalue weighted by molar-refractivity contribution is -0.132. The molecule has 3 N–H and O–H groups in total. The highest BCUT2D eigenvalue weighted by Crippen LogP contribution is 2.25. The van der Waals surface area contributed by atoms with E-state index in [0.717, 1.165) is 22.4 Å². The highest BCUT2D eigenvalue weighted by molar-refractivity contribution is 8.00. The molecular formula is C25H24F2N4O4S. The van der Waals surface area contributed by atoms with Crippen LogP contribution in [0.1, 0.15) is 15.9 Å². The number of urea groups is 1. The highest BCUT2D eigenvalue weighted by atomic mass is 32.2. The molecule has 4 rings (SSSR count). The van der Waals surface area contributed by atoms with E-state index in [1.165, 1.54) is 0 Å². The van der Waals surface area contributed by atoms with Gasteiger partial charge in [0.15, 0.2) is 0 Å². The average Bonchev–Trinajstić information content (AvgIpc) is 3.43. The smallest absolute Gasteiger partial charge is 0.321 e. The zero-order valence-electron chi connectivity index (χ0n) is 19.1. The van der Waals surface area contributed by atoms with Gasteiger partial charge < -0.3 is 14.6 Å². The van der Waals surface area contributed by atoms with E-state index in [0.29, 0.717) is 25.2 Å². The first-order valence-electron chi connectivity index (χ1n) is 11.2. The van der Waals surface area contributed by atoms with Crippen LogP contribution in [0.2, 0.25) is 0 Å². The number of hydrogen-bond acceptors (Lipinski definition) is 5. The zero-order chi connectivity index (χ0) is 25.5. The maximum atomic E-state index is 12.8. The number of thioether (sulfide) groups is 1. The second kappa shape index (κ2) is 11.7. The summed E-state index contributed by atoms with van der Waals surface area (Å²) in [5.41, 5.74) is 7.49. The second-order valence-electron chi connectivity index (χ2n) is 8.10. The molecule has 0 aliphatic carbocycles. The van der Waals surface area contributed by atoms with E-state index >= 15 is 0 Å². The van der Waals surface area contributed by atoms with Crippen molar-refractivity contribution in [1.82, 2.24) is 15.8 Å². The number of amides is 4. The highest BCUT2D eigenvalue weighted by Gasteiger charge is 2.24. The van der Waals surface area contributed by atoms with Crippen LogP contribution in [-0.2, 0) is 11.2 Å². The molecule has 0 spiro atoms. The predicted octanol–water partition coefficient (Wildman–Crippen LogP) is 4.16. The molecule has 0 bridgehead atoms. The summed E-state index contributed by atoms with van der Waals surface area (Å²) >= 11 is 1.78. The lowest BCUT2D eigenvalue weighted by Gasteiger charge is -2.32. The van der Waals surface area contributed by atoms with Crippen LogP contribution in [0.25, 0.3) is 11.1 Å². The summed E-state index contributed by atoms with van der Waals surface area (Å²) in [5.74, 6) is -1.46. The van der Waals surface area contributed by atoms with Crippen molar-refractivity contribution >= 4 is 35.3 Å². The Labute approximate surface area is 210 Å².